The van der Waals surface area contributed by atoms with E-state index in [1.807, 2.05) is 42.5 Å². The van der Waals surface area contributed by atoms with Crippen molar-refractivity contribution in [1.29, 1.82) is 0 Å². The number of likely N-dealkylation sites (tertiary alicyclic amines) is 1. The van der Waals surface area contributed by atoms with Gasteiger partial charge in [0.05, 0.1) is 5.69 Å². The van der Waals surface area contributed by atoms with E-state index < -0.39 is 0 Å². The summed E-state index contributed by atoms with van der Waals surface area (Å²) in [5.74, 6) is 1.22. The molecule has 0 bridgehead atoms. The maximum atomic E-state index is 12.6. The fourth-order valence-electron chi connectivity index (χ4n) is 4.58. The molecule has 0 radical (unpaired) electrons. The van der Waals surface area contributed by atoms with Gasteiger partial charge < -0.3 is 10.2 Å². The van der Waals surface area contributed by atoms with Gasteiger partial charge in [0, 0.05) is 43.7 Å². The molecule has 1 N–H and O–H groups in total. The van der Waals surface area contributed by atoms with E-state index >= 15 is 0 Å². The summed E-state index contributed by atoms with van der Waals surface area (Å²) in [6.45, 7) is 6.89. The van der Waals surface area contributed by atoms with Crippen molar-refractivity contribution < 1.29 is 4.79 Å². The second-order valence-corrected chi connectivity index (χ2v) is 8.58. The van der Waals surface area contributed by atoms with Crippen molar-refractivity contribution >= 4 is 11.7 Å². The van der Waals surface area contributed by atoms with Gasteiger partial charge in [-0.1, -0.05) is 36.8 Å². The van der Waals surface area contributed by atoms with Crippen LogP contribution in [-0.2, 0) is 4.79 Å². The minimum Gasteiger partial charge on any atom is -0.355 e. The van der Waals surface area contributed by atoms with Gasteiger partial charge in [-0.2, -0.15) is 0 Å². The Labute approximate surface area is 179 Å². The molecule has 2 aliphatic rings. The number of carbonyl (C=O) groups excluding carboxylic acids is 1. The van der Waals surface area contributed by atoms with Gasteiger partial charge in [0.1, 0.15) is 0 Å². The molecule has 30 heavy (non-hydrogen) atoms. The highest BCUT2D eigenvalue weighted by molar-refractivity contribution is 5.79. The summed E-state index contributed by atoms with van der Waals surface area (Å²) in [6.07, 6.45) is 5.64. The molecule has 0 unspecified atom stereocenters. The van der Waals surface area contributed by atoms with E-state index in [4.69, 9.17) is 0 Å². The Balaban J connectivity index is 1.22. The Morgan fingerprint density at radius 1 is 1.00 bits per heavy atom. The summed E-state index contributed by atoms with van der Waals surface area (Å²) < 4.78 is 0. The highest BCUT2D eigenvalue weighted by Crippen LogP contribution is 2.23. The summed E-state index contributed by atoms with van der Waals surface area (Å²) in [5, 5.41) is 12.0. The predicted molar refractivity (Wildman–Crippen MR) is 120 cm³/mol. The number of hydrogen-bond donors (Lipinski definition) is 1. The lowest BCUT2D eigenvalue weighted by atomic mass is 9.96. The van der Waals surface area contributed by atoms with E-state index in [2.05, 4.69) is 32.2 Å². The van der Waals surface area contributed by atoms with Crippen LogP contribution in [0.25, 0.3) is 11.3 Å². The Bertz CT molecular complexity index is 802. The Morgan fingerprint density at radius 3 is 2.50 bits per heavy atom. The van der Waals surface area contributed by atoms with Crippen LogP contribution in [-0.4, -0.2) is 59.8 Å². The van der Waals surface area contributed by atoms with E-state index in [-0.39, 0.29) is 11.8 Å². The topological polar surface area (TPSA) is 61.4 Å². The number of anilines is 1. The molecule has 2 aliphatic heterocycles. The van der Waals surface area contributed by atoms with Gasteiger partial charge in [-0.3, -0.25) is 9.69 Å². The second-order valence-electron chi connectivity index (χ2n) is 8.58. The first-order valence-electron chi connectivity index (χ1n) is 11.4. The normalized spacial score (nSPS) is 20.8. The summed E-state index contributed by atoms with van der Waals surface area (Å²) in [5.41, 5.74) is 1.96. The molecule has 4 rings (SSSR count). The zero-order chi connectivity index (χ0) is 20.8. The third kappa shape index (κ3) is 5.17. The molecule has 3 heterocycles. The van der Waals surface area contributed by atoms with Gasteiger partial charge in [0.15, 0.2) is 5.82 Å². The molecule has 1 aromatic carbocycles. The fourth-order valence-corrected chi connectivity index (χ4v) is 4.58. The van der Waals surface area contributed by atoms with Gasteiger partial charge in [-0.15, -0.1) is 10.2 Å². The molecule has 1 amide bonds. The summed E-state index contributed by atoms with van der Waals surface area (Å²) in [7, 11) is 0. The largest absolute Gasteiger partial charge is 0.355 e. The minimum atomic E-state index is 0.108. The highest BCUT2D eigenvalue weighted by atomic mass is 16.1. The van der Waals surface area contributed by atoms with Crippen LogP contribution < -0.4 is 10.2 Å². The van der Waals surface area contributed by atoms with Crippen molar-refractivity contribution in [2.24, 2.45) is 5.92 Å². The van der Waals surface area contributed by atoms with Crippen molar-refractivity contribution in [2.75, 3.05) is 37.6 Å². The smallest absolute Gasteiger partial charge is 0.223 e. The van der Waals surface area contributed by atoms with Crippen molar-refractivity contribution in [3.8, 4) is 11.3 Å². The molecule has 6 heteroatoms. The third-order valence-electron chi connectivity index (χ3n) is 6.55. The Morgan fingerprint density at radius 2 is 1.80 bits per heavy atom. The number of aromatic nitrogens is 2. The van der Waals surface area contributed by atoms with Crippen molar-refractivity contribution in [2.45, 2.75) is 45.1 Å². The predicted octanol–water partition coefficient (Wildman–Crippen LogP) is 3.35. The molecule has 2 fully saturated rings. The highest BCUT2D eigenvalue weighted by Gasteiger charge is 2.26. The molecule has 1 atom stereocenters. The first kappa shape index (κ1) is 20.8. The monoisotopic (exact) mass is 407 g/mol. The molecule has 0 aliphatic carbocycles. The third-order valence-corrected chi connectivity index (χ3v) is 6.55. The maximum Gasteiger partial charge on any atom is 0.223 e. The fraction of sp³-hybridized carbons (Fsp3) is 0.542. The quantitative estimate of drug-likeness (QED) is 0.796. The number of nitrogens with one attached hydrogen (secondary N) is 1. The minimum absolute atomic E-state index is 0.108. The van der Waals surface area contributed by atoms with E-state index in [0.717, 1.165) is 56.1 Å². The van der Waals surface area contributed by atoms with Gasteiger partial charge in [0.2, 0.25) is 5.91 Å². The standard InChI is InChI=1S/C24H33N5O/c1-19-7-5-6-15-28(19)18-14-25-24(30)21-12-16-29(17-13-21)23-11-10-22(26-27-23)20-8-3-2-4-9-20/h2-4,8-11,19,21H,5-7,12-18H2,1H3,(H,25,30)/t19-/m0/s1. The lowest BCUT2D eigenvalue weighted by Gasteiger charge is -2.34. The molecular formula is C24H33N5O. The van der Waals surface area contributed by atoms with E-state index in [0.29, 0.717) is 6.04 Å². The van der Waals surface area contributed by atoms with Crippen LogP contribution in [0.4, 0.5) is 5.82 Å². The number of amides is 1. The first-order valence-corrected chi connectivity index (χ1v) is 11.4. The Hall–Kier alpha value is -2.47. The maximum absolute atomic E-state index is 12.6. The van der Waals surface area contributed by atoms with Crippen LogP contribution in [0, 0.1) is 5.92 Å². The van der Waals surface area contributed by atoms with Gasteiger partial charge in [-0.25, -0.2) is 0 Å². The van der Waals surface area contributed by atoms with Crippen LogP contribution in [0.5, 0.6) is 0 Å². The number of rotatable bonds is 6. The van der Waals surface area contributed by atoms with Crippen molar-refractivity contribution in [3.63, 3.8) is 0 Å². The first-order chi connectivity index (χ1) is 14.7. The zero-order valence-electron chi connectivity index (χ0n) is 18.0. The van der Waals surface area contributed by atoms with E-state index in [1.54, 1.807) is 0 Å². The van der Waals surface area contributed by atoms with Gasteiger partial charge in [-0.05, 0) is 51.3 Å². The second kappa shape index (κ2) is 10.0. The summed E-state index contributed by atoms with van der Waals surface area (Å²) >= 11 is 0. The SMILES string of the molecule is C[C@H]1CCCCN1CCNC(=O)C1CCN(c2ccc(-c3ccccc3)nn2)CC1. The summed E-state index contributed by atoms with van der Waals surface area (Å²) in [4.78, 5) is 17.3. The summed E-state index contributed by atoms with van der Waals surface area (Å²) in [6, 6.07) is 14.8. The van der Waals surface area contributed by atoms with E-state index in [9.17, 15) is 4.79 Å². The van der Waals surface area contributed by atoms with Crippen LogP contribution in [0.15, 0.2) is 42.5 Å². The average molecular weight is 408 g/mol. The lowest BCUT2D eigenvalue weighted by molar-refractivity contribution is -0.125. The zero-order valence-corrected chi connectivity index (χ0v) is 18.0. The van der Waals surface area contributed by atoms with Crippen LogP contribution >= 0.6 is 0 Å². The van der Waals surface area contributed by atoms with Crippen LogP contribution in [0.2, 0.25) is 0 Å². The number of nitrogens with zero attached hydrogens (tertiary/aromatic N) is 4. The molecule has 2 saturated heterocycles. The molecule has 6 nitrogen and oxygen atoms in total. The van der Waals surface area contributed by atoms with Crippen LogP contribution in [0.1, 0.15) is 39.0 Å². The Kier molecular flexibility index (Phi) is 6.95. The van der Waals surface area contributed by atoms with Gasteiger partial charge in [0.25, 0.3) is 0 Å². The molecular weight excluding hydrogens is 374 g/mol. The number of carbonyl (C=O) groups is 1. The van der Waals surface area contributed by atoms with Gasteiger partial charge >= 0.3 is 0 Å². The molecule has 0 saturated carbocycles. The lowest BCUT2D eigenvalue weighted by Crippen LogP contribution is -2.45. The average Bonchev–Trinajstić information content (AvgIpc) is 2.81. The van der Waals surface area contributed by atoms with E-state index in [1.165, 1.54) is 25.8 Å². The number of benzene rings is 1. The molecule has 2 aromatic rings. The van der Waals surface area contributed by atoms with Crippen molar-refractivity contribution in [1.82, 2.24) is 20.4 Å². The molecule has 1 aromatic heterocycles. The van der Waals surface area contributed by atoms with Crippen molar-refractivity contribution in [3.05, 3.63) is 42.5 Å². The molecule has 160 valence electrons. The number of piperidine rings is 2. The van der Waals surface area contributed by atoms with Crippen LogP contribution in [0.3, 0.4) is 0 Å². The molecule has 0 spiro atoms. The number of hydrogen-bond acceptors (Lipinski definition) is 5.